The van der Waals surface area contributed by atoms with E-state index >= 15 is 0 Å². The summed E-state index contributed by atoms with van der Waals surface area (Å²) in [7, 11) is 1.61. The number of ether oxygens (including phenoxy) is 1. The maximum atomic E-state index is 6.29. The van der Waals surface area contributed by atoms with Crippen LogP contribution in [-0.4, -0.2) is 7.11 Å². The van der Waals surface area contributed by atoms with E-state index in [-0.39, 0.29) is 17.0 Å². The Bertz CT molecular complexity index is 724. The zero-order valence-electron chi connectivity index (χ0n) is 11.4. The van der Waals surface area contributed by atoms with Crippen LogP contribution in [0.25, 0.3) is 11.0 Å². The molecule has 21 heavy (non-hydrogen) atoms. The average molecular weight is 369 g/mol. The molecule has 0 radical (unpaired) electrons. The van der Waals surface area contributed by atoms with Crippen molar-refractivity contribution < 1.29 is 9.15 Å². The standard InChI is InChI=1S/C16H14ClNO2.BrH/c1-19-14-7-6-11(17)9-12(14)16(18)15-8-10-4-2-3-5-13(10)20-15;/h2-9,16H,18H2,1H3;1H. The molecule has 3 nitrogen and oxygen atoms in total. The maximum absolute atomic E-state index is 6.29. The first-order valence-corrected chi connectivity index (χ1v) is 6.64. The predicted molar refractivity (Wildman–Crippen MR) is 90.6 cm³/mol. The lowest BCUT2D eigenvalue weighted by molar-refractivity contribution is 0.404. The maximum Gasteiger partial charge on any atom is 0.134 e. The van der Waals surface area contributed by atoms with Crippen molar-refractivity contribution in [3.05, 3.63) is 64.9 Å². The van der Waals surface area contributed by atoms with Crippen LogP contribution in [0.3, 0.4) is 0 Å². The van der Waals surface area contributed by atoms with E-state index < -0.39 is 6.04 Å². The van der Waals surface area contributed by atoms with Crippen molar-refractivity contribution in [2.24, 2.45) is 5.73 Å². The van der Waals surface area contributed by atoms with Gasteiger partial charge in [-0.15, -0.1) is 17.0 Å². The molecule has 110 valence electrons. The van der Waals surface area contributed by atoms with Gasteiger partial charge in [0.2, 0.25) is 0 Å². The van der Waals surface area contributed by atoms with Gasteiger partial charge in [0.25, 0.3) is 0 Å². The van der Waals surface area contributed by atoms with E-state index in [0.29, 0.717) is 16.5 Å². The van der Waals surface area contributed by atoms with Crippen molar-refractivity contribution >= 4 is 39.6 Å². The highest BCUT2D eigenvalue weighted by Crippen LogP contribution is 2.33. The number of rotatable bonds is 3. The van der Waals surface area contributed by atoms with Crippen LogP contribution in [0, 0.1) is 0 Å². The van der Waals surface area contributed by atoms with Gasteiger partial charge >= 0.3 is 0 Å². The van der Waals surface area contributed by atoms with Crippen LogP contribution < -0.4 is 10.5 Å². The molecule has 0 amide bonds. The Balaban J connectivity index is 0.00000161. The fraction of sp³-hybridized carbons (Fsp3) is 0.125. The lowest BCUT2D eigenvalue weighted by Crippen LogP contribution is -2.12. The summed E-state index contributed by atoms with van der Waals surface area (Å²) in [6.07, 6.45) is 0. The van der Waals surface area contributed by atoms with Gasteiger partial charge in [-0.3, -0.25) is 0 Å². The van der Waals surface area contributed by atoms with E-state index in [1.165, 1.54) is 0 Å². The Labute approximate surface area is 138 Å². The molecule has 0 aliphatic heterocycles. The number of hydrogen-bond donors (Lipinski definition) is 1. The van der Waals surface area contributed by atoms with Gasteiger partial charge in [0, 0.05) is 16.0 Å². The second kappa shape index (κ2) is 6.52. The second-order valence-corrected chi connectivity index (χ2v) is 4.99. The van der Waals surface area contributed by atoms with E-state index in [0.717, 1.165) is 16.5 Å². The van der Waals surface area contributed by atoms with Crippen molar-refractivity contribution in [1.82, 2.24) is 0 Å². The average Bonchev–Trinajstić information content (AvgIpc) is 2.90. The van der Waals surface area contributed by atoms with Crippen LogP contribution >= 0.6 is 28.6 Å². The number of benzene rings is 2. The summed E-state index contributed by atoms with van der Waals surface area (Å²) in [6, 6.07) is 14.7. The van der Waals surface area contributed by atoms with Gasteiger partial charge in [0.15, 0.2) is 0 Å². The molecule has 0 saturated heterocycles. The number of furan rings is 1. The number of methoxy groups -OCH3 is 1. The molecule has 1 heterocycles. The molecular weight excluding hydrogens is 354 g/mol. The molecule has 5 heteroatoms. The summed E-state index contributed by atoms with van der Waals surface area (Å²) in [6.45, 7) is 0. The highest BCUT2D eigenvalue weighted by Gasteiger charge is 2.18. The van der Waals surface area contributed by atoms with Crippen molar-refractivity contribution in [3.63, 3.8) is 0 Å². The van der Waals surface area contributed by atoms with Crippen molar-refractivity contribution in [2.75, 3.05) is 7.11 Å². The van der Waals surface area contributed by atoms with Crippen LogP contribution in [0.2, 0.25) is 5.02 Å². The number of nitrogens with two attached hydrogens (primary N) is 1. The fourth-order valence-corrected chi connectivity index (χ4v) is 2.44. The largest absolute Gasteiger partial charge is 0.496 e. The summed E-state index contributed by atoms with van der Waals surface area (Å²) in [5.41, 5.74) is 7.92. The van der Waals surface area contributed by atoms with E-state index in [1.807, 2.05) is 30.3 Å². The van der Waals surface area contributed by atoms with E-state index in [1.54, 1.807) is 25.3 Å². The topological polar surface area (TPSA) is 48.4 Å². The molecule has 3 aromatic rings. The van der Waals surface area contributed by atoms with Gasteiger partial charge < -0.3 is 14.9 Å². The summed E-state index contributed by atoms with van der Waals surface area (Å²) in [5, 5.41) is 1.64. The Morgan fingerprint density at radius 3 is 2.62 bits per heavy atom. The van der Waals surface area contributed by atoms with Crippen molar-refractivity contribution in [3.8, 4) is 5.75 Å². The summed E-state index contributed by atoms with van der Waals surface area (Å²) in [4.78, 5) is 0. The van der Waals surface area contributed by atoms with Crippen LogP contribution in [-0.2, 0) is 0 Å². The molecule has 0 spiro atoms. The molecule has 1 unspecified atom stereocenters. The Morgan fingerprint density at radius 2 is 1.90 bits per heavy atom. The Kier molecular flexibility index (Phi) is 4.93. The molecular formula is C16H15BrClNO2. The molecule has 1 atom stereocenters. The third-order valence-corrected chi connectivity index (χ3v) is 3.51. The van der Waals surface area contributed by atoms with Gasteiger partial charge in [0.1, 0.15) is 17.1 Å². The predicted octanol–water partition coefficient (Wildman–Crippen LogP) is 4.72. The molecule has 2 N–H and O–H groups in total. The molecule has 0 fully saturated rings. The number of fused-ring (bicyclic) bond motifs is 1. The lowest BCUT2D eigenvalue weighted by atomic mass is 10.0. The van der Waals surface area contributed by atoms with Gasteiger partial charge in [0.05, 0.1) is 13.2 Å². The number of halogens is 2. The summed E-state index contributed by atoms with van der Waals surface area (Å²) < 4.78 is 11.1. The quantitative estimate of drug-likeness (QED) is 0.727. The third kappa shape index (κ3) is 3.07. The van der Waals surface area contributed by atoms with Crippen molar-refractivity contribution in [1.29, 1.82) is 0 Å². The normalized spacial score (nSPS) is 12.0. The lowest BCUT2D eigenvalue weighted by Gasteiger charge is -2.14. The highest BCUT2D eigenvalue weighted by molar-refractivity contribution is 8.93. The SMILES string of the molecule is Br.COc1ccc(Cl)cc1C(N)c1cc2ccccc2o1. The van der Waals surface area contributed by atoms with E-state index in [4.69, 9.17) is 26.5 Å². The molecule has 1 aromatic heterocycles. The first kappa shape index (κ1) is 15.9. The molecule has 0 aliphatic carbocycles. The monoisotopic (exact) mass is 367 g/mol. The zero-order valence-corrected chi connectivity index (χ0v) is 13.8. The van der Waals surface area contributed by atoms with E-state index in [9.17, 15) is 0 Å². The Morgan fingerprint density at radius 1 is 1.14 bits per heavy atom. The fourth-order valence-electron chi connectivity index (χ4n) is 2.26. The van der Waals surface area contributed by atoms with Crippen molar-refractivity contribution in [2.45, 2.75) is 6.04 Å². The van der Waals surface area contributed by atoms with Gasteiger partial charge in [-0.1, -0.05) is 29.8 Å². The molecule has 2 aromatic carbocycles. The van der Waals surface area contributed by atoms with Gasteiger partial charge in [-0.2, -0.15) is 0 Å². The summed E-state index contributed by atoms with van der Waals surface area (Å²) in [5.74, 6) is 1.38. The highest BCUT2D eigenvalue weighted by atomic mass is 79.9. The van der Waals surface area contributed by atoms with Gasteiger partial charge in [-0.25, -0.2) is 0 Å². The second-order valence-electron chi connectivity index (χ2n) is 4.55. The first-order valence-electron chi connectivity index (χ1n) is 6.26. The number of hydrogen-bond acceptors (Lipinski definition) is 3. The van der Waals surface area contributed by atoms with Crippen LogP contribution in [0.1, 0.15) is 17.4 Å². The van der Waals surface area contributed by atoms with Crippen LogP contribution in [0.4, 0.5) is 0 Å². The molecule has 0 aliphatic rings. The minimum Gasteiger partial charge on any atom is -0.496 e. The van der Waals surface area contributed by atoms with Gasteiger partial charge in [-0.05, 0) is 30.3 Å². The first-order chi connectivity index (χ1) is 9.69. The smallest absolute Gasteiger partial charge is 0.134 e. The number of para-hydroxylation sites is 1. The Hall–Kier alpha value is -1.49. The molecule has 0 bridgehead atoms. The summed E-state index contributed by atoms with van der Waals surface area (Å²) >= 11 is 6.04. The minimum atomic E-state index is -0.420. The zero-order chi connectivity index (χ0) is 14.1. The van der Waals surface area contributed by atoms with Crippen LogP contribution in [0.15, 0.2) is 52.9 Å². The molecule has 3 rings (SSSR count). The molecule has 0 saturated carbocycles. The minimum absolute atomic E-state index is 0. The van der Waals surface area contributed by atoms with Crippen LogP contribution in [0.5, 0.6) is 5.75 Å². The van der Waals surface area contributed by atoms with E-state index in [2.05, 4.69) is 0 Å². The third-order valence-electron chi connectivity index (χ3n) is 3.28.